The highest BCUT2D eigenvalue weighted by molar-refractivity contribution is 6.76. The van der Waals surface area contributed by atoms with Gasteiger partial charge in [0.1, 0.15) is 6.04 Å². The second-order valence-electron chi connectivity index (χ2n) is 6.44. The van der Waals surface area contributed by atoms with Crippen molar-refractivity contribution in [3.63, 3.8) is 0 Å². The van der Waals surface area contributed by atoms with Crippen LogP contribution in [0.2, 0.25) is 25.7 Å². The Labute approximate surface area is 133 Å². The van der Waals surface area contributed by atoms with Gasteiger partial charge in [0.25, 0.3) is 0 Å². The lowest BCUT2D eigenvalue weighted by atomic mass is 10.1. The molecule has 0 aliphatic carbocycles. The Morgan fingerprint density at radius 3 is 2.41 bits per heavy atom. The summed E-state index contributed by atoms with van der Waals surface area (Å²) in [7, 11) is 0.115. The van der Waals surface area contributed by atoms with Crippen LogP contribution in [0, 0.1) is 0 Å². The third-order valence-corrected chi connectivity index (χ3v) is 4.54. The Morgan fingerprint density at radius 2 is 1.86 bits per heavy atom. The molecule has 0 saturated carbocycles. The molecule has 0 unspecified atom stereocenters. The van der Waals surface area contributed by atoms with E-state index in [0.717, 1.165) is 11.6 Å². The van der Waals surface area contributed by atoms with Crippen molar-refractivity contribution in [3.8, 4) is 0 Å². The maximum absolute atomic E-state index is 12.0. The lowest BCUT2D eigenvalue weighted by Crippen LogP contribution is -2.42. The van der Waals surface area contributed by atoms with E-state index >= 15 is 0 Å². The Morgan fingerprint density at radius 1 is 1.23 bits per heavy atom. The van der Waals surface area contributed by atoms with Gasteiger partial charge in [0, 0.05) is 14.5 Å². The number of amides is 1. The highest BCUT2D eigenvalue weighted by Gasteiger charge is 2.21. The lowest BCUT2D eigenvalue weighted by Gasteiger charge is -2.16. The van der Waals surface area contributed by atoms with E-state index in [-0.39, 0.29) is 5.91 Å². The van der Waals surface area contributed by atoms with Crippen LogP contribution in [0.1, 0.15) is 5.56 Å². The molecule has 0 spiro atoms. The summed E-state index contributed by atoms with van der Waals surface area (Å²) in [6.45, 7) is 6.71. The van der Waals surface area contributed by atoms with E-state index in [2.05, 4.69) is 25.0 Å². The van der Waals surface area contributed by atoms with Gasteiger partial charge in [-0.25, -0.2) is 4.79 Å². The topological polar surface area (TPSA) is 55.4 Å². The van der Waals surface area contributed by atoms with Crippen LogP contribution in [0.5, 0.6) is 0 Å². The van der Waals surface area contributed by atoms with Crippen LogP contribution in [0.4, 0.5) is 0 Å². The van der Waals surface area contributed by atoms with Crippen molar-refractivity contribution >= 4 is 20.0 Å². The molecule has 1 aromatic carbocycles. The molecule has 4 nitrogen and oxygen atoms in total. The van der Waals surface area contributed by atoms with E-state index in [1.807, 2.05) is 36.4 Å². The summed E-state index contributed by atoms with van der Waals surface area (Å²) in [5, 5.41) is 2.72. The second-order valence-corrected chi connectivity index (χ2v) is 12.0. The molecule has 0 aliphatic rings. The fraction of sp³-hybridized carbons (Fsp3) is 0.412. The minimum atomic E-state index is -1.21. The van der Waals surface area contributed by atoms with Crippen molar-refractivity contribution in [2.24, 2.45) is 0 Å². The summed E-state index contributed by atoms with van der Waals surface area (Å²) in [6.07, 6.45) is 3.82. The molecule has 0 radical (unpaired) electrons. The quantitative estimate of drug-likeness (QED) is 0.478. The number of hydrogen-bond donors (Lipinski definition) is 1. The normalized spacial score (nSPS) is 12.9. The standard InChI is InChI=1S/C17H25NO3Si/c1-21-17(20)15(13-14-9-6-5-7-10-14)18-16(19)11-8-12-22(2,3)4/h5-11,15H,12-13H2,1-4H3,(H,18,19)/b11-8-/t15-/m0/s1. The minimum Gasteiger partial charge on any atom is -0.467 e. The van der Waals surface area contributed by atoms with Gasteiger partial charge in [-0.2, -0.15) is 0 Å². The molecule has 0 fully saturated rings. The SMILES string of the molecule is COC(=O)[C@H](Cc1ccccc1)NC(=O)/C=C\C[Si](C)(C)C. The monoisotopic (exact) mass is 319 g/mol. The first kappa shape index (κ1) is 18.2. The fourth-order valence-electron chi connectivity index (χ4n) is 1.92. The number of ether oxygens (including phenoxy) is 1. The molecule has 1 rings (SSSR count). The van der Waals surface area contributed by atoms with Crippen molar-refractivity contribution in [2.75, 3.05) is 7.11 Å². The number of carbonyl (C=O) groups excluding carboxylic acids is 2. The van der Waals surface area contributed by atoms with Gasteiger partial charge in [-0.3, -0.25) is 4.79 Å². The van der Waals surface area contributed by atoms with Gasteiger partial charge in [-0.15, -0.1) is 0 Å². The number of rotatable bonds is 7. The lowest BCUT2D eigenvalue weighted by molar-refractivity contribution is -0.144. The summed E-state index contributed by atoms with van der Waals surface area (Å²) in [5.74, 6) is -0.694. The molecular formula is C17H25NO3Si. The van der Waals surface area contributed by atoms with Gasteiger partial charge < -0.3 is 10.1 Å². The first-order valence-electron chi connectivity index (χ1n) is 7.40. The van der Waals surface area contributed by atoms with E-state index in [1.54, 1.807) is 0 Å². The van der Waals surface area contributed by atoms with Crippen molar-refractivity contribution in [1.29, 1.82) is 0 Å². The molecule has 0 aliphatic heterocycles. The van der Waals surface area contributed by atoms with E-state index < -0.39 is 20.1 Å². The van der Waals surface area contributed by atoms with Crippen LogP contribution in [-0.2, 0) is 20.7 Å². The molecule has 0 bridgehead atoms. The molecule has 0 saturated heterocycles. The second kappa shape index (κ2) is 8.53. The minimum absolute atomic E-state index is 0.260. The van der Waals surface area contributed by atoms with Crippen LogP contribution in [-0.4, -0.2) is 33.1 Å². The maximum atomic E-state index is 12.0. The van der Waals surface area contributed by atoms with Gasteiger partial charge in [0.2, 0.25) is 5.91 Å². The molecule has 1 atom stereocenters. The number of benzene rings is 1. The fourth-order valence-corrected chi connectivity index (χ4v) is 2.75. The van der Waals surface area contributed by atoms with E-state index in [4.69, 9.17) is 4.74 Å². The van der Waals surface area contributed by atoms with Crippen molar-refractivity contribution in [1.82, 2.24) is 5.32 Å². The highest BCUT2D eigenvalue weighted by atomic mass is 28.3. The molecule has 22 heavy (non-hydrogen) atoms. The summed E-state index contributed by atoms with van der Waals surface area (Å²) < 4.78 is 4.77. The van der Waals surface area contributed by atoms with Crippen LogP contribution in [0.3, 0.4) is 0 Å². The third-order valence-electron chi connectivity index (χ3n) is 3.08. The predicted molar refractivity (Wildman–Crippen MR) is 91.4 cm³/mol. The Bertz CT molecular complexity index is 520. The third kappa shape index (κ3) is 7.22. The van der Waals surface area contributed by atoms with Gasteiger partial charge in [-0.05, 0) is 17.7 Å². The number of hydrogen-bond acceptors (Lipinski definition) is 3. The van der Waals surface area contributed by atoms with E-state index in [0.29, 0.717) is 6.42 Å². The zero-order chi connectivity index (χ0) is 16.6. The van der Waals surface area contributed by atoms with Gasteiger partial charge in [0.15, 0.2) is 0 Å². The average molecular weight is 319 g/mol. The number of carbonyl (C=O) groups is 2. The smallest absolute Gasteiger partial charge is 0.328 e. The van der Waals surface area contributed by atoms with Gasteiger partial charge >= 0.3 is 5.97 Å². The van der Waals surface area contributed by atoms with Crippen LogP contribution in [0.15, 0.2) is 42.5 Å². The zero-order valence-electron chi connectivity index (χ0n) is 13.8. The molecule has 120 valence electrons. The van der Waals surface area contributed by atoms with Crippen LogP contribution in [0.25, 0.3) is 0 Å². The van der Waals surface area contributed by atoms with Gasteiger partial charge in [0.05, 0.1) is 7.11 Å². The molecule has 0 aromatic heterocycles. The first-order chi connectivity index (χ1) is 10.3. The predicted octanol–water partition coefficient (Wildman–Crippen LogP) is 2.78. The van der Waals surface area contributed by atoms with Crippen LogP contribution >= 0.6 is 0 Å². The van der Waals surface area contributed by atoms with Crippen molar-refractivity contribution in [2.45, 2.75) is 38.1 Å². The number of esters is 1. The highest BCUT2D eigenvalue weighted by Crippen LogP contribution is 2.08. The summed E-state index contributed by atoms with van der Waals surface area (Å²) >= 11 is 0. The van der Waals surface area contributed by atoms with Gasteiger partial charge in [-0.1, -0.05) is 56.0 Å². The van der Waals surface area contributed by atoms with E-state index in [9.17, 15) is 9.59 Å². The Hall–Kier alpha value is -1.88. The molecule has 1 N–H and O–H groups in total. The maximum Gasteiger partial charge on any atom is 0.328 e. The molecule has 5 heteroatoms. The number of nitrogens with one attached hydrogen (secondary N) is 1. The van der Waals surface area contributed by atoms with E-state index in [1.165, 1.54) is 13.2 Å². The number of methoxy groups -OCH3 is 1. The summed E-state index contributed by atoms with van der Waals surface area (Å²) in [6, 6.07) is 9.82. The summed E-state index contributed by atoms with van der Waals surface area (Å²) in [5.41, 5.74) is 0.976. The van der Waals surface area contributed by atoms with Crippen molar-refractivity contribution < 1.29 is 14.3 Å². The van der Waals surface area contributed by atoms with Crippen LogP contribution < -0.4 is 5.32 Å². The average Bonchev–Trinajstić information content (AvgIpc) is 2.45. The molecular weight excluding hydrogens is 294 g/mol. The summed E-state index contributed by atoms with van der Waals surface area (Å²) in [4.78, 5) is 23.8. The molecule has 1 amide bonds. The largest absolute Gasteiger partial charge is 0.467 e. The first-order valence-corrected chi connectivity index (χ1v) is 11.1. The molecule has 1 aromatic rings. The Balaban J connectivity index is 2.65. The Kier molecular flexibility index (Phi) is 7.05. The number of allylic oxidation sites excluding steroid dienone is 1. The van der Waals surface area contributed by atoms with Crippen molar-refractivity contribution in [3.05, 3.63) is 48.0 Å². The molecule has 0 heterocycles. The zero-order valence-corrected chi connectivity index (χ0v) is 14.8.